The summed E-state index contributed by atoms with van der Waals surface area (Å²) in [5.74, 6) is 0. The third-order valence-electron chi connectivity index (χ3n) is 5.11. The van der Waals surface area contributed by atoms with Gasteiger partial charge in [-0.2, -0.15) is 13.2 Å². The van der Waals surface area contributed by atoms with Crippen molar-refractivity contribution in [3.8, 4) is 0 Å². The maximum Gasteiger partial charge on any atom is 0.417 e. The summed E-state index contributed by atoms with van der Waals surface area (Å²) in [5, 5.41) is 10.8. The van der Waals surface area contributed by atoms with Crippen LogP contribution < -0.4 is 0 Å². The zero-order chi connectivity index (χ0) is 22.4. The summed E-state index contributed by atoms with van der Waals surface area (Å²) in [4.78, 5) is 10.6. The third-order valence-corrected chi connectivity index (χ3v) is 6.26. The van der Waals surface area contributed by atoms with E-state index in [0.717, 1.165) is 6.26 Å². The van der Waals surface area contributed by atoms with Crippen molar-refractivity contribution >= 4 is 20.9 Å². The Labute approximate surface area is 172 Å². The van der Waals surface area contributed by atoms with E-state index in [9.17, 15) is 26.7 Å². The summed E-state index contributed by atoms with van der Waals surface area (Å²) in [7, 11) is -3.67. The fourth-order valence-corrected chi connectivity index (χ4v) is 4.84. The Morgan fingerprint density at radius 3 is 2.43 bits per heavy atom. The molecule has 0 aliphatic rings. The van der Waals surface area contributed by atoms with Gasteiger partial charge in [-0.05, 0) is 29.5 Å². The number of H-pyrrole nitrogens is 1. The first-order chi connectivity index (χ1) is 13.7. The summed E-state index contributed by atoms with van der Waals surface area (Å²) in [6.07, 6.45) is -2.71. The van der Waals surface area contributed by atoms with Gasteiger partial charge in [-0.25, -0.2) is 18.4 Å². The molecule has 3 rings (SSSR count). The number of sulfone groups is 1. The van der Waals surface area contributed by atoms with E-state index in [1.807, 2.05) is 0 Å². The van der Waals surface area contributed by atoms with Crippen molar-refractivity contribution in [2.45, 2.75) is 48.8 Å². The number of alkyl halides is 3. The number of aromatic nitrogens is 3. The lowest BCUT2D eigenvalue weighted by atomic mass is 9.73. The van der Waals surface area contributed by atoms with Gasteiger partial charge in [-0.1, -0.05) is 32.0 Å². The fraction of sp³-hybridized carbons (Fsp3) is 0.400. The van der Waals surface area contributed by atoms with Gasteiger partial charge in [0.15, 0.2) is 15.4 Å². The molecule has 0 bridgehead atoms. The lowest BCUT2D eigenvalue weighted by Gasteiger charge is -2.38. The molecule has 2 heterocycles. The van der Waals surface area contributed by atoms with Crippen molar-refractivity contribution in [1.29, 1.82) is 0 Å². The lowest BCUT2D eigenvalue weighted by molar-refractivity contribution is -0.266. The van der Waals surface area contributed by atoms with Crippen LogP contribution in [-0.2, 0) is 21.7 Å². The van der Waals surface area contributed by atoms with Crippen LogP contribution in [0.5, 0.6) is 0 Å². The largest absolute Gasteiger partial charge is 0.417 e. The van der Waals surface area contributed by atoms with Gasteiger partial charge in [-0.15, -0.1) is 0 Å². The molecule has 1 unspecified atom stereocenters. The third kappa shape index (κ3) is 4.34. The van der Waals surface area contributed by atoms with E-state index in [0.29, 0.717) is 11.0 Å². The topological polar surface area (TPSA) is 95.9 Å². The fourth-order valence-electron chi connectivity index (χ4n) is 3.77. The van der Waals surface area contributed by atoms with Crippen LogP contribution in [0.4, 0.5) is 13.2 Å². The number of aromatic amines is 1. The molecule has 0 fully saturated rings. The molecule has 30 heavy (non-hydrogen) atoms. The first kappa shape index (κ1) is 22.2. The van der Waals surface area contributed by atoms with Crippen molar-refractivity contribution in [3.63, 3.8) is 0 Å². The van der Waals surface area contributed by atoms with E-state index in [4.69, 9.17) is 0 Å². The van der Waals surface area contributed by atoms with Crippen molar-refractivity contribution < 1.29 is 26.7 Å². The van der Waals surface area contributed by atoms with E-state index < -0.39 is 39.9 Å². The number of nitrogens with zero attached hydrogens (tertiary/aromatic N) is 2. The van der Waals surface area contributed by atoms with Gasteiger partial charge in [0.1, 0.15) is 6.33 Å². The zero-order valence-electron chi connectivity index (χ0n) is 16.7. The molecular formula is C20H22F3N3O3S. The van der Waals surface area contributed by atoms with E-state index in [1.54, 1.807) is 6.07 Å². The average molecular weight is 441 g/mol. The molecule has 162 valence electrons. The highest BCUT2D eigenvalue weighted by molar-refractivity contribution is 7.90. The smallest absolute Gasteiger partial charge is 0.380 e. The van der Waals surface area contributed by atoms with Gasteiger partial charge in [0.05, 0.1) is 22.1 Å². The quantitative estimate of drug-likeness (QED) is 0.610. The molecule has 0 aliphatic carbocycles. The van der Waals surface area contributed by atoms with Gasteiger partial charge < -0.3 is 10.1 Å². The zero-order valence-corrected chi connectivity index (χ0v) is 17.5. The van der Waals surface area contributed by atoms with Gasteiger partial charge in [0, 0.05) is 18.4 Å². The van der Waals surface area contributed by atoms with Crippen molar-refractivity contribution in [2.24, 2.45) is 0 Å². The van der Waals surface area contributed by atoms with Crippen LogP contribution in [0, 0.1) is 0 Å². The highest BCUT2D eigenvalue weighted by atomic mass is 32.2. The molecule has 0 amide bonds. The van der Waals surface area contributed by atoms with Crippen LogP contribution in [0.15, 0.2) is 47.8 Å². The molecular weight excluding hydrogens is 419 g/mol. The molecule has 0 aliphatic heterocycles. The predicted molar refractivity (Wildman–Crippen MR) is 106 cm³/mol. The van der Waals surface area contributed by atoms with Gasteiger partial charge >= 0.3 is 6.18 Å². The Hall–Kier alpha value is -2.46. The summed E-state index contributed by atoms with van der Waals surface area (Å²) in [6, 6.07) is 7.35. The molecule has 0 saturated carbocycles. The maximum absolute atomic E-state index is 14.0. The molecule has 0 saturated heterocycles. The van der Waals surface area contributed by atoms with E-state index in [-0.39, 0.29) is 16.2 Å². The molecule has 10 heteroatoms. The summed E-state index contributed by atoms with van der Waals surface area (Å²) < 4.78 is 66.3. The first-order valence-corrected chi connectivity index (χ1v) is 11.0. The highest BCUT2D eigenvalue weighted by Crippen LogP contribution is 2.44. The minimum Gasteiger partial charge on any atom is -0.380 e. The number of nitrogens with one attached hydrogen (secondary N) is 1. The Morgan fingerprint density at radius 1 is 1.17 bits per heavy atom. The summed E-state index contributed by atoms with van der Waals surface area (Å²) in [5.41, 5.74) is -3.13. The molecule has 0 spiro atoms. The molecule has 1 atom stereocenters. The van der Waals surface area contributed by atoms with Gasteiger partial charge in [0.2, 0.25) is 0 Å². The van der Waals surface area contributed by atoms with E-state index in [1.165, 1.54) is 50.6 Å². The number of benzene rings is 1. The average Bonchev–Trinajstić information content (AvgIpc) is 3.01. The minimum atomic E-state index is -4.95. The molecule has 1 aromatic carbocycles. The second kappa shape index (κ2) is 7.35. The second-order valence-corrected chi connectivity index (χ2v) is 10.1. The number of hydrogen-bond donors (Lipinski definition) is 2. The molecule has 2 N–H and O–H groups in total. The number of halogens is 3. The lowest BCUT2D eigenvalue weighted by Crippen LogP contribution is -2.51. The highest BCUT2D eigenvalue weighted by Gasteiger charge is 2.56. The van der Waals surface area contributed by atoms with E-state index in [2.05, 4.69) is 15.0 Å². The normalized spacial score (nSPS) is 15.3. The van der Waals surface area contributed by atoms with Crippen molar-refractivity contribution in [3.05, 3.63) is 54.1 Å². The monoisotopic (exact) mass is 441 g/mol. The van der Waals surface area contributed by atoms with Gasteiger partial charge in [0.25, 0.3) is 0 Å². The second-order valence-electron chi connectivity index (χ2n) is 8.15. The maximum atomic E-state index is 14.0. The van der Waals surface area contributed by atoms with Crippen LogP contribution in [0.1, 0.15) is 31.5 Å². The van der Waals surface area contributed by atoms with E-state index >= 15 is 0 Å². The molecule has 3 aromatic rings. The predicted octanol–water partition coefficient (Wildman–Crippen LogP) is 3.57. The van der Waals surface area contributed by atoms with Crippen LogP contribution in [0.2, 0.25) is 0 Å². The molecule has 0 radical (unpaired) electrons. The molecule has 6 nitrogen and oxygen atoms in total. The number of fused-ring (bicyclic) bond motifs is 1. The summed E-state index contributed by atoms with van der Waals surface area (Å²) in [6.45, 7) is 2.98. The van der Waals surface area contributed by atoms with Crippen molar-refractivity contribution in [1.82, 2.24) is 15.0 Å². The Balaban J connectivity index is 2.02. The number of hydrogen-bond acceptors (Lipinski definition) is 5. The minimum absolute atomic E-state index is 0.0552. The van der Waals surface area contributed by atoms with Gasteiger partial charge in [-0.3, -0.25) is 0 Å². The Bertz CT molecular complexity index is 1140. The van der Waals surface area contributed by atoms with Crippen LogP contribution in [0.3, 0.4) is 0 Å². The standard InChI is InChI=1S/C20H22F3N3O3S/c1-18(2,14-6-4-5-7-17(14)30(3,28)29)11-19(27,20(21,22)23)9-13-8-15-16(26-13)10-24-12-25-15/h4-8,10,12,26-27H,9,11H2,1-3H3. The summed E-state index contributed by atoms with van der Waals surface area (Å²) >= 11 is 0. The Morgan fingerprint density at radius 2 is 1.83 bits per heavy atom. The van der Waals surface area contributed by atoms with Crippen LogP contribution in [0.25, 0.3) is 11.0 Å². The van der Waals surface area contributed by atoms with Crippen molar-refractivity contribution in [2.75, 3.05) is 6.26 Å². The molecule has 2 aromatic heterocycles. The van der Waals surface area contributed by atoms with Crippen LogP contribution in [-0.4, -0.2) is 46.5 Å². The van der Waals surface area contributed by atoms with Crippen LogP contribution >= 0.6 is 0 Å². The SMILES string of the molecule is CC(C)(CC(O)(Cc1cc2ncncc2[nH]1)C(F)(F)F)c1ccccc1S(C)(=O)=O. The number of aliphatic hydroxyl groups is 1. The number of rotatable bonds is 6. The first-order valence-electron chi connectivity index (χ1n) is 9.09. The Kier molecular flexibility index (Phi) is 5.44.